The maximum Gasteiger partial charge on any atom is 0.246 e. The third-order valence-corrected chi connectivity index (χ3v) is 4.38. The number of ether oxygens (including phenoxy) is 2. The molecule has 0 atom stereocenters. The lowest BCUT2D eigenvalue weighted by molar-refractivity contribution is -0.646. The first-order valence-electron chi connectivity index (χ1n) is 9.45. The lowest BCUT2D eigenvalue weighted by Gasteiger charge is -2.04. The Morgan fingerprint density at radius 3 is 2.50 bits per heavy atom. The van der Waals surface area contributed by atoms with Crippen LogP contribution >= 0.6 is 0 Å². The number of fused-ring (bicyclic) bond motifs is 1. The molecule has 0 aliphatic heterocycles. The second-order valence-corrected chi connectivity index (χ2v) is 6.44. The Labute approximate surface area is 146 Å². The summed E-state index contributed by atoms with van der Waals surface area (Å²) in [7, 11) is 2.06. The zero-order valence-corrected chi connectivity index (χ0v) is 15.6. The van der Waals surface area contributed by atoms with Crippen molar-refractivity contribution in [1.29, 1.82) is 0 Å². The highest BCUT2D eigenvalue weighted by atomic mass is 16.5. The van der Waals surface area contributed by atoms with Crippen molar-refractivity contribution in [2.24, 2.45) is 7.05 Å². The van der Waals surface area contributed by atoms with Gasteiger partial charge in [-0.2, -0.15) is 0 Å². The number of rotatable bonds is 12. The van der Waals surface area contributed by atoms with Crippen molar-refractivity contribution in [2.75, 3.05) is 13.2 Å². The van der Waals surface area contributed by atoms with Gasteiger partial charge in [0.15, 0.2) is 17.8 Å². The molecule has 0 saturated carbocycles. The third kappa shape index (κ3) is 5.52. The molecule has 1 heterocycles. The van der Waals surface area contributed by atoms with E-state index in [1.807, 2.05) is 13.0 Å². The van der Waals surface area contributed by atoms with Gasteiger partial charge < -0.3 is 9.47 Å². The van der Waals surface area contributed by atoms with Gasteiger partial charge in [0.1, 0.15) is 5.75 Å². The van der Waals surface area contributed by atoms with Crippen LogP contribution in [0.1, 0.15) is 58.8 Å². The summed E-state index contributed by atoms with van der Waals surface area (Å²) in [6, 6.07) is 6.22. The molecule has 1 aromatic carbocycles. The second-order valence-electron chi connectivity index (χ2n) is 6.44. The topological polar surface area (TPSA) is 27.3 Å². The first-order chi connectivity index (χ1) is 11.8. The number of nitrogens with zero attached hydrogens (tertiary/aromatic N) is 2. The molecular weight excluding hydrogens is 300 g/mol. The van der Waals surface area contributed by atoms with Crippen molar-refractivity contribution >= 4 is 11.0 Å². The van der Waals surface area contributed by atoms with Crippen molar-refractivity contribution in [3.05, 3.63) is 24.5 Å². The standard InChI is InChI=1S/C20H33N2O2/c1-4-6-7-8-9-10-11-14-23-17-22-16-21(3)19-13-12-18(24-5-2)15-20(19)22/h12-13,15-16H,4-11,14,17H2,1-3H3/q+1. The van der Waals surface area contributed by atoms with E-state index in [0.29, 0.717) is 13.3 Å². The average molecular weight is 333 g/mol. The van der Waals surface area contributed by atoms with E-state index >= 15 is 0 Å². The highest BCUT2D eigenvalue weighted by Gasteiger charge is 2.14. The SMILES string of the molecule is CCCCCCCCCOCn1c[n+](C)c2ccc(OCC)cc21. The van der Waals surface area contributed by atoms with E-state index in [1.54, 1.807) is 0 Å². The molecule has 0 bridgehead atoms. The quantitative estimate of drug-likeness (QED) is 0.420. The van der Waals surface area contributed by atoms with Crippen molar-refractivity contribution in [3.8, 4) is 5.75 Å². The van der Waals surface area contributed by atoms with Gasteiger partial charge in [-0.15, -0.1) is 0 Å². The first kappa shape index (κ1) is 18.8. The Bertz CT molecular complexity index is 607. The Morgan fingerprint density at radius 1 is 1.00 bits per heavy atom. The van der Waals surface area contributed by atoms with Crippen LogP contribution in [0.15, 0.2) is 24.5 Å². The van der Waals surface area contributed by atoms with Gasteiger partial charge in [0.05, 0.1) is 20.3 Å². The summed E-state index contributed by atoms with van der Waals surface area (Å²) in [5.41, 5.74) is 2.35. The van der Waals surface area contributed by atoms with Crippen LogP contribution in [0.25, 0.3) is 11.0 Å². The van der Waals surface area contributed by atoms with E-state index in [-0.39, 0.29) is 0 Å². The molecular formula is C20H33N2O2+. The van der Waals surface area contributed by atoms with E-state index in [2.05, 4.69) is 41.6 Å². The van der Waals surface area contributed by atoms with Crippen LogP contribution in [0.3, 0.4) is 0 Å². The molecule has 0 N–H and O–H groups in total. The molecule has 0 unspecified atom stereocenters. The van der Waals surface area contributed by atoms with E-state index in [0.717, 1.165) is 24.3 Å². The predicted molar refractivity (Wildman–Crippen MR) is 98.2 cm³/mol. The number of hydrogen-bond acceptors (Lipinski definition) is 2. The fraction of sp³-hybridized carbons (Fsp3) is 0.650. The van der Waals surface area contributed by atoms with Gasteiger partial charge in [0.2, 0.25) is 6.33 Å². The minimum Gasteiger partial charge on any atom is -0.494 e. The number of benzene rings is 1. The van der Waals surface area contributed by atoms with E-state index < -0.39 is 0 Å². The van der Waals surface area contributed by atoms with Gasteiger partial charge >= 0.3 is 0 Å². The molecule has 0 saturated heterocycles. The minimum atomic E-state index is 0.600. The number of imidazole rings is 1. The summed E-state index contributed by atoms with van der Waals surface area (Å²) >= 11 is 0. The lowest BCUT2D eigenvalue weighted by atomic mass is 10.1. The van der Waals surface area contributed by atoms with E-state index in [1.165, 1.54) is 44.0 Å². The van der Waals surface area contributed by atoms with Crippen LogP contribution in [0.2, 0.25) is 0 Å². The summed E-state index contributed by atoms with van der Waals surface area (Å²) in [6.45, 7) is 6.39. The molecule has 0 aliphatic rings. The van der Waals surface area contributed by atoms with Crippen molar-refractivity contribution < 1.29 is 14.0 Å². The number of hydrogen-bond donors (Lipinski definition) is 0. The zero-order chi connectivity index (χ0) is 17.2. The Kier molecular flexibility index (Phi) is 8.10. The van der Waals surface area contributed by atoms with Crippen LogP contribution in [0.5, 0.6) is 5.75 Å². The van der Waals surface area contributed by atoms with Gasteiger partial charge in [0.25, 0.3) is 0 Å². The molecule has 134 valence electrons. The molecule has 0 amide bonds. The number of aryl methyl sites for hydroxylation is 1. The maximum atomic E-state index is 5.88. The van der Waals surface area contributed by atoms with Gasteiger partial charge in [0, 0.05) is 6.07 Å². The summed E-state index contributed by atoms with van der Waals surface area (Å²) < 4.78 is 15.8. The summed E-state index contributed by atoms with van der Waals surface area (Å²) in [6.07, 6.45) is 11.3. The molecule has 0 radical (unpaired) electrons. The molecule has 0 fully saturated rings. The van der Waals surface area contributed by atoms with E-state index in [9.17, 15) is 0 Å². The van der Waals surface area contributed by atoms with Crippen molar-refractivity contribution in [1.82, 2.24) is 4.57 Å². The van der Waals surface area contributed by atoms with Gasteiger partial charge in [-0.3, -0.25) is 0 Å². The van der Waals surface area contributed by atoms with Crippen molar-refractivity contribution in [3.63, 3.8) is 0 Å². The van der Waals surface area contributed by atoms with Crippen LogP contribution in [0, 0.1) is 0 Å². The molecule has 2 rings (SSSR count). The van der Waals surface area contributed by atoms with Gasteiger partial charge in [-0.05, 0) is 25.5 Å². The highest BCUT2D eigenvalue weighted by molar-refractivity contribution is 5.73. The molecule has 4 heteroatoms. The fourth-order valence-corrected chi connectivity index (χ4v) is 3.05. The molecule has 1 aromatic heterocycles. The van der Waals surface area contributed by atoms with Gasteiger partial charge in [-0.25, -0.2) is 9.13 Å². The Balaban J connectivity index is 1.77. The molecule has 2 aromatic rings. The first-order valence-corrected chi connectivity index (χ1v) is 9.45. The molecule has 0 spiro atoms. The molecule has 0 aliphatic carbocycles. The van der Waals surface area contributed by atoms with Crippen LogP contribution in [-0.2, 0) is 18.5 Å². The maximum absolute atomic E-state index is 5.88. The lowest BCUT2D eigenvalue weighted by Crippen LogP contribution is -2.25. The predicted octanol–water partition coefficient (Wildman–Crippen LogP) is 4.59. The second kappa shape index (κ2) is 10.3. The summed E-state index contributed by atoms with van der Waals surface area (Å²) in [5, 5.41) is 0. The summed E-state index contributed by atoms with van der Waals surface area (Å²) in [5.74, 6) is 0.914. The van der Waals surface area contributed by atoms with Crippen molar-refractivity contribution in [2.45, 2.75) is 65.5 Å². The van der Waals surface area contributed by atoms with Crippen LogP contribution in [-0.4, -0.2) is 17.8 Å². The normalized spacial score (nSPS) is 11.3. The minimum absolute atomic E-state index is 0.600. The summed E-state index contributed by atoms with van der Waals surface area (Å²) in [4.78, 5) is 0. The molecule has 4 nitrogen and oxygen atoms in total. The highest BCUT2D eigenvalue weighted by Crippen LogP contribution is 2.19. The largest absolute Gasteiger partial charge is 0.494 e. The third-order valence-electron chi connectivity index (χ3n) is 4.38. The zero-order valence-electron chi connectivity index (χ0n) is 15.6. The van der Waals surface area contributed by atoms with Crippen LogP contribution in [0.4, 0.5) is 0 Å². The Morgan fingerprint density at radius 2 is 1.75 bits per heavy atom. The molecule has 24 heavy (non-hydrogen) atoms. The van der Waals surface area contributed by atoms with E-state index in [4.69, 9.17) is 9.47 Å². The smallest absolute Gasteiger partial charge is 0.246 e. The average Bonchev–Trinajstić information content (AvgIpc) is 2.89. The monoisotopic (exact) mass is 333 g/mol. The van der Waals surface area contributed by atoms with Gasteiger partial charge in [-0.1, -0.05) is 45.4 Å². The van der Waals surface area contributed by atoms with Crippen LogP contribution < -0.4 is 9.30 Å². The fourth-order valence-electron chi connectivity index (χ4n) is 3.05. The number of unbranched alkanes of at least 4 members (excludes halogenated alkanes) is 6. The Hall–Kier alpha value is -1.55. The number of aromatic nitrogens is 2.